The van der Waals surface area contributed by atoms with Crippen LogP contribution in [-0.4, -0.2) is 22.4 Å². The predicted octanol–water partition coefficient (Wildman–Crippen LogP) is 3.59. The largest absolute Gasteiger partial charge is 0.464 e. The first kappa shape index (κ1) is 14.4. The predicted molar refractivity (Wildman–Crippen MR) is 86.5 cm³/mol. The van der Waals surface area contributed by atoms with E-state index in [0.29, 0.717) is 19.5 Å². The van der Waals surface area contributed by atoms with Crippen molar-refractivity contribution in [2.45, 2.75) is 26.4 Å². The Kier molecular flexibility index (Phi) is 4.00. The van der Waals surface area contributed by atoms with Crippen molar-refractivity contribution in [3.05, 3.63) is 60.2 Å². The summed E-state index contributed by atoms with van der Waals surface area (Å²) in [5, 5.41) is 1.20. The number of fused-ring (bicyclic) bond motifs is 1. The van der Waals surface area contributed by atoms with Crippen molar-refractivity contribution in [3.63, 3.8) is 0 Å². The average Bonchev–Trinajstić information content (AvgIpc) is 3.11. The molecule has 0 fully saturated rings. The summed E-state index contributed by atoms with van der Waals surface area (Å²) >= 11 is 0. The molecule has 2 aromatic heterocycles. The summed E-state index contributed by atoms with van der Waals surface area (Å²) in [6, 6.07) is 14.1. The highest BCUT2D eigenvalue weighted by Crippen LogP contribution is 2.16. The van der Waals surface area contributed by atoms with E-state index >= 15 is 0 Å². The zero-order valence-electron chi connectivity index (χ0n) is 13.0. The Morgan fingerprint density at radius 1 is 1.18 bits per heavy atom. The lowest BCUT2D eigenvalue weighted by molar-refractivity contribution is -0.130. The van der Waals surface area contributed by atoms with Crippen LogP contribution in [0.2, 0.25) is 0 Å². The molecule has 2 heterocycles. The number of amides is 1. The molecule has 0 aliphatic rings. The van der Waals surface area contributed by atoms with E-state index in [-0.39, 0.29) is 5.91 Å². The molecule has 0 bridgehead atoms. The summed E-state index contributed by atoms with van der Waals surface area (Å²) in [6.45, 7) is 3.11. The van der Waals surface area contributed by atoms with Gasteiger partial charge in [-0.15, -0.1) is 0 Å². The van der Waals surface area contributed by atoms with Gasteiger partial charge in [-0.2, -0.15) is 0 Å². The molecule has 22 heavy (non-hydrogen) atoms. The minimum atomic E-state index is 0.117. The molecular formula is C18H20N2O2. The fourth-order valence-electron chi connectivity index (χ4n) is 2.63. The Labute approximate surface area is 129 Å². The van der Waals surface area contributed by atoms with E-state index in [2.05, 4.69) is 22.8 Å². The van der Waals surface area contributed by atoms with E-state index in [0.717, 1.165) is 11.5 Å². The van der Waals surface area contributed by atoms with E-state index in [9.17, 15) is 4.79 Å². The van der Waals surface area contributed by atoms with Crippen molar-refractivity contribution >= 4 is 16.8 Å². The van der Waals surface area contributed by atoms with Gasteiger partial charge in [0, 0.05) is 31.7 Å². The summed E-state index contributed by atoms with van der Waals surface area (Å²) < 4.78 is 7.64. The Balaban J connectivity index is 1.59. The van der Waals surface area contributed by atoms with Gasteiger partial charge in [-0.05, 0) is 36.6 Å². The first-order valence-electron chi connectivity index (χ1n) is 7.46. The number of aromatic nitrogens is 1. The van der Waals surface area contributed by atoms with Crippen LogP contribution in [0.5, 0.6) is 0 Å². The van der Waals surface area contributed by atoms with Gasteiger partial charge in [0.25, 0.3) is 0 Å². The molecule has 0 saturated carbocycles. The van der Waals surface area contributed by atoms with E-state index in [1.807, 2.05) is 44.4 Å². The van der Waals surface area contributed by atoms with Crippen LogP contribution in [0.4, 0.5) is 0 Å². The Morgan fingerprint density at radius 3 is 2.77 bits per heavy atom. The average molecular weight is 296 g/mol. The SMILES string of the molecule is Cc1ccc(CN(C)C(=O)CCn2ccc3ccccc32)o1. The lowest BCUT2D eigenvalue weighted by Crippen LogP contribution is -2.26. The standard InChI is InChI=1S/C18H20N2O2/c1-14-7-8-16(22-14)13-19(2)18(21)10-12-20-11-9-15-5-3-4-6-17(15)20/h3-9,11H,10,12-13H2,1-2H3. The van der Waals surface area contributed by atoms with Crippen LogP contribution >= 0.6 is 0 Å². The molecule has 3 aromatic rings. The van der Waals surface area contributed by atoms with Crippen molar-refractivity contribution in [2.24, 2.45) is 0 Å². The van der Waals surface area contributed by atoms with Crippen LogP contribution in [0.3, 0.4) is 0 Å². The van der Waals surface area contributed by atoms with Crippen LogP contribution in [0.25, 0.3) is 10.9 Å². The lowest BCUT2D eigenvalue weighted by atomic mass is 10.2. The highest BCUT2D eigenvalue weighted by Gasteiger charge is 2.11. The molecule has 0 unspecified atom stereocenters. The molecule has 1 aromatic carbocycles. The quantitative estimate of drug-likeness (QED) is 0.721. The first-order chi connectivity index (χ1) is 10.6. The fraction of sp³-hybridized carbons (Fsp3) is 0.278. The topological polar surface area (TPSA) is 38.4 Å². The molecule has 0 aliphatic carbocycles. The lowest BCUT2D eigenvalue weighted by Gasteiger charge is -2.16. The molecule has 3 rings (SSSR count). The zero-order valence-corrected chi connectivity index (χ0v) is 13.0. The smallest absolute Gasteiger partial charge is 0.224 e. The number of carbonyl (C=O) groups is 1. The van der Waals surface area contributed by atoms with Gasteiger partial charge in [-0.1, -0.05) is 18.2 Å². The molecule has 0 radical (unpaired) electrons. The van der Waals surface area contributed by atoms with E-state index in [1.54, 1.807) is 4.90 Å². The highest BCUT2D eigenvalue weighted by molar-refractivity contribution is 5.80. The van der Waals surface area contributed by atoms with Crippen molar-refractivity contribution < 1.29 is 9.21 Å². The van der Waals surface area contributed by atoms with E-state index in [4.69, 9.17) is 4.42 Å². The molecule has 0 atom stereocenters. The molecule has 0 N–H and O–H groups in total. The number of para-hydroxylation sites is 1. The number of rotatable bonds is 5. The second kappa shape index (κ2) is 6.10. The number of nitrogens with zero attached hydrogens (tertiary/aromatic N) is 2. The third kappa shape index (κ3) is 3.06. The van der Waals surface area contributed by atoms with Crippen molar-refractivity contribution in [2.75, 3.05) is 7.05 Å². The number of furan rings is 1. The number of aryl methyl sites for hydroxylation is 2. The monoisotopic (exact) mass is 296 g/mol. The van der Waals surface area contributed by atoms with Crippen LogP contribution in [0.15, 0.2) is 53.1 Å². The summed E-state index contributed by atoms with van der Waals surface area (Å²) in [6.07, 6.45) is 2.52. The van der Waals surface area contributed by atoms with Gasteiger partial charge in [-0.25, -0.2) is 0 Å². The number of hydrogen-bond donors (Lipinski definition) is 0. The molecule has 0 aliphatic heterocycles. The van der Waals surface area contributed by atoms with Crippen molar-refractivity contribution in [3.8, 4) is 0 Å². The molecule has 114 valence electrons. The maximum Gasteiger partial charge on any atom is 0.224 e. The van der Waals surface area contributed by atoms with Gasteiger partial charge < -0.3 is 13.9 Å². The molecule has 0 spiro atoms. The maximum absolute atomic E-state index is 12.3. The fourth-order valence-corrected chi connectivity index (χ4v) is 2.63. The second-order valence-corrected chi connectivity index (χ2v) is 5.58. The molecular weight excluding hydrogens is 276 g/mol. The van der Waals surface area contributed by atoms with Gasteiger partial charge in [0.15, 0.2) is 0 Å². The van der Waals surface area contributed by atoms with Gasteiger partial charge in [0.2, 0.25) is 5.91 Å². The first-order valence-corrected chi connectivity index (χ1v) is 7.46. The van der Waals surface area contributed by atoms with E-state index < -0.39 is 0 Å². The number of benzene rings is 1. The van der Waals surface area contributed by atoms with Crippen LogP contribution in [0.1, 0.15) is 17.9 Å². The Morgan fingerprint density at radius 2 is 2.00 bits per heavy atom. The van der Waals surface area contributed by atoms with Gasteiger partial charge >= 0.3 is 0 Å². The van der Waals surface area contributed by atoms with E-state index in [1.165, 1.54) is 10.9 Å². The van der Waals surface area contributed by atoms with Gasteiger partial charge in [0.1, 0.15) is 11.5 Å². The maximum atomic E-state index is 12.3. The molecule has 0 saturated heterocycles. The third-order valence-electron chi connectivity index (χ3n) is 3.86. The van der Waals surface area contributed by atoms with Crippen LogP contribution in [-0.2, 0) is 17.9 Å². The molecule has 1 amide bonds. The Bertz CT molecular complexity index is 785. The summed E-state index contributed by atoms with van der Waals surface area (Å²) in [5.74, 6) is 1.81. The summed E-state index contributed by atoms with van der Waals surface area (Å²) in [4.78, 5) is 14.0. The summed E-state index contributed by atoms with van der Waals surface area (Å²) in [5.41, 5.74) is 1.17. The van der Waals surface area contributed by atoms with Gasteiger partial charge in [0.05, 0.1) is 6.54 Å². The van der Waals surface area contributed by atoms with Crippen LogP contribution < -0.4 is 0 Å². The molecule has 4 heteroatoms. The number of carbonyl (C=O) groups excluding carboxylic acids is 1. The van der Waals surface area contributed by atoms with Crippen molar-refractivity contribution in [1.82, 2.24) is 9.47 Å². The second-order valence-electron chi connectivity index (χ2n) is 5.58. The molecule has 4 nitrogen and oxygen atoms in total. The zero-order chi connectivity index (χ0) is 15.5. The minimum absolute atomic E-state index is 0.117. The van der Waals surface area contributed by atoms with Crippen molar-refractivity contribution in [1.29, 1.82) is 0 Å². The minimum Gasteiger partial charge on any atom is -0.464 e. The summed E-state index contributed by atoms with van der Waals surface area (Å²) in [7, 11) is 1.81. The highest BCUT2D eigenvalue weighted by atomic mass is 16.3. The Hall–Kier alpha value is -2.49. The number of hydrogen-bond acceptors (Lipinski definition) is 2. The third-order valence-corrected chi connectivity index (χ3v) is 3.86. The van der Waals surface area contributed by atoms with Gasteiger partial charge in [-0.3, -0.25) is 4.79 Å². The normalized spacial score (nSPS) is 11.0. The van der Waals surface area contributed by atoms with Crippen LogP contribution in [0, 0.1) is 6.92 Å².